The summed E-state index contributed by atoms with van der Waals surface area (Å²) in [5.41, 5.74) is 0. The van der Waals surface area contributed by atoms with Crippen molar-refractivity contribution in [2.24, 2.45) is 0 Å². The van der Waals surface area contributed by atoms with E-state index in [0.29, 0.717) is 6.04 Å². The van der Waals surface area contributed by atoms with Crippen LogP contribution in [0.5, 0.6) is 0 Å². The van der Waals surface area contributed by atoms with Crippen LogP contribution < -0.4 is 0 Å². The van der Waals surface area contributed by atoms with Crippen LogP contribution >= 0.6 is 0 Å². The number of rotatable bonds is 2. The fraction of sp³-hybridized carbons (Fsp3) is 0.692. The second kappa shape index (κ2) is 5.27. The van der Waals surface area contributed by atoms with Crippen LogP contribution in [0.2, 0.25) is 0 Å². The normalized spacial score (nSPS) is 22.4. The highest BCUT2D eigenvalue weighted by Crippen LogP contribution is 2.08. The summed E-state index contributed by atoms with van der Waals surface area (Å²) < 4.78 is 0. The molecular weight excluding hydrogens is 198 g/mol. The molecule has 0 radical (unpaired) electrons. The van der Waals surface area contributed by atoms with Gasteiger partial charge in [-0.1, -0.05) is 11.8 Å². The van der Waals surface area contributed by atoms with Crippen molar-refractivity contribution in [2.45, 2.75) is 25.8 Å². The Kier molecular flexibility index (Phi) is 3.74. The molecule has 1 saturated heterocycles. The highest BCUT2D eigenvalue weighted by atomic mass is 15.3. The van der Waals surface area contributed by atoms with Crippen molar-refractivity contribution < 1.29 is 0 Å². The summed E-state index contributed by atoms with van der Waals surface area (Å²) in [7, 11) is 2.08. The molecule has 2 aliphatic heterocycles. The summed E-state index contributed by atoms with van der Waals surface area (Å²) in [6.45, 7) is 6.53. The third-order valence-corrected chi connectivity index (χ3v) is 3.21. The van der Waals surface area contributed by atoms with E-state index >= 15 is 0 Å². The van der Waals surface area contributed by atoms with Crippen LogP contribution in [0.3, 0.4) is 0 Å². The molecule has 1 fully saturated rings. The van der Waals surface area contributed by atoms with Gasteiger partial charge in [-0.3, -0.25) is 4.90 Å². The predicted octanol–water partition coefficient (Wildman–Crippen LogP) is 1.15. The summed E-state index contributed by atoms with van der Waals surface area (Å²) in [4.78, 5) is 6.86. The number of hydrogen-bond donors (Lipinski definition) is 0. The van der Waals surface area contributed by atoms with Gasteiger partial charge in [0.05, 0.1) is 19.3 Å². The summed E-state index contributed by atoms with van der Waals surface area (Å²) in [5, 5.41) is 0. The molecule has 1 unspecified atom stereocenters. The largest absolute Gasteiger partial charge is 0.362 e. The van der Waals surface area contributed by atoms with E-state index in [1.54, 1.807) is 0 Å². The van der Waals surface area contributed by atoms with Crippen molar-refractivity contribution in [1.29, 1.82) is 0 Å². The summed E-state index contributed by atoms with van der Waals surface area (Å²) in [6, 6.07) is 0.323. The first-order valence-electron chi connectivity index (χ1n) is 6.11. The Morgan fingerprint density at radius 1 is 1.25 bits per heavy atom. The molecule has 2 rings (SSSR count). The Bertz CT molecular complexity index is 307. The molecular formula is C13H21N3. The average molecular weight is 219 g/mol. The lowest BCUT2D eigenvalue weighted by Crippen LogP contribution is -2.29. The smallest absolute Gasteiger partial charge is 0.0902 e. The lowest BCUT2D eigenvalue weighted by molar-refractivity contribution is 0.276. The van der Waals surface area contributed by atoms with Gasteiger partial charge in [-0.25, -0.2) is 0 Å². The second-order valence-electron chi connectivity index (χ2n) is 4.69. The van der Waals surface area contributed by atoms with Crippen LogP contribution in [0, 0.1) is 11.8 Å². The predicted molar refractivity (Wildman–Crippen MR) is 66.5 cm³/mol. The van der Waals surface area contributed by atoms with Gasteiger partial charge in [0.2, 0.25) is 0 Å². The molecule has 3 nitrogen and oxygen atoms in total. The first kappa shape index (κ1) is 11.3. The van der Waals surface area contributed by atoms with Crippen molar-refractivity contribution in [3.63, 3.8) is 0 Å². The number of likely N-dealkylation sites (tertiary alicyclic amines) is 1. The van der Waals surface area contributed by atoms with Crippen molar-refractivity contribution in [2.75, 3.05) is 33.4 Å². The molecule has 0 aromatic heterocycles. The van der Waals surface area contributed by atoms with Gasteiger partial charge >= 0.3 is 0 Å². The maximum Gasteiger partial charge on any atom is 0.0902 e. The van der Waals surface area contributed by atoms with Crippen LogP contribution in [-0.2, 0) is 0 Å². The van der Waals surface area contributed by atoms with E-state index in [2.05, 4.69) is 52.9 Å². The molecule has 2 aliphatic rings. The van der Waals surface area contributed by atoms with Crippen molar-refractivity contribution >= 4 is 0 Å². The minimum atomic E-state index is 0.323. The molecule has 0 aromatic rings. The van der Waals surface area contributed by atoms with Gasteiger partial charge < -0.3 is 9.80 Å². The van der Waals surface area contributed by atoms with Gasteiger partial charge in [0, 0.05) is 19.4 Å². The third-order valence-electron chi connectivity index (χ3n) is 3.21. The number of hydrogen-bond acceptors (Lipinski definition) is 3. The topological polar surface area (TPSA) is 9.72 Å². The van der Waals surface area contributed by atoms with Gasteiger partial charge in [-0.15, -0.1) is 0 Å². The Balaban J connectivity index is 1.75. The van der Waals surface area contributed by atoms with Gasteiger partial charge in [0.25, 0.3) is 0 Å². The van der Waals surface area contributed by atoms with E-state index in [-0.39, 0.29) is 0 Å². The molecule has 0 amide bonds. The average Bonchev–Trinajstić information content (AvgIpc) is 2.89. The molecule has 2 heterocycles. The fourth-order valence-corrected chi connectivity index (χ4v) is 2.13. The van der Waals surface area contributed by atoms with Crippen molar-refractivity contribution in [1.82, 2.24) is 14.7 Å². The highest BCUT2D eigenvalue weighted by molar-refractivity contribution is 5.11. The molecule has 0 spiro atoms. The van der Waals surface area contributed by atoms with Crippen molar-refractivity contribution in [3.05, 3.63) is 12.4 Å². The molecule has 0 N–H and O–H groups in total. The van der Waals surface area contributed by atoms with Crippen LogP contribution in [0.15, 0.2) is 12.4 Å². The van der Waals surface area contributed by atoms with E-state index in [4.69, 9.17) is 0 Å². The number of nitrogens with zero attached hydrogens (tertiary/aromatic N) is 3. The quantitative estimate of drug-likeness (QED) is 0.645. The van der Waals surface area contributed by atoms with Crippen molar-refractivity contribution in [3.8, 4) is 11.8 Å². The van der Waals surface area contributed by atoms with E-state index in [1.165, 1.54) is 25.9 Å². The summed E-state index contributed by atoms with van der Waals surface area (Å²) in [6.07, 6.45) is 6.90. The zero-order valence-corrected chi connectivity index (χ0v) is 10.3. The monoisotopic (exact) mass is 219 g/mol. The van der Waals surface area contributed by atoms with Gasteiger partial charge in [-0.2, -0.15) is 0 Å². The van der Waals surface area contributed by atoms with Crippen LogP contribution in [0.1, 0.15) is 19.8 Å². The zero-order chi connectivity index (χ0) is 11.4. The maximum absolute atomic E-state index is 3.33. The SMILES string of the molecule is CC(C#CCN1CCCC1)N1C=CN(C)C1. The molecule has 3 heteroatoms. The Hall–Kier alpha value is -1.14. The lowest BCUT2D eigenvalue weighted by atomic mass is 10.3. The fourth-order valence-electron chi connectivity index (χ4n) is 2.13. The molecule has 0 saturated carbocycles. The minimum Gasteiger partial charge on any atom is -0.362 e. The molecule has 16 heavy (non-hydrogen) atoms. The highest BCUT2D eigenvalue weighted by Gasteiger charge is 2.13. The second-order valence-corrected chi connectivity index (χ2v) is 4.69. The lowest BCUT2D eigenvalue weighted by Gasteiger charge is -2.21. The Labute approximate surface area is 98.7 Å². The standard InChI is InChI=1S/C13H21N3/c1-13(16-11-10-14(2)12-16)6-5-9-15-7-3-4-8-15/h10-11,13H,3-4,7-9,12H2,1-2H3. The van der Waals surface area contributed by atoms with Crippen LogP contribution in [-0.4, -0.2) is 54.1 Å². The zero-order valence-electron chi connectivity index (χ0n) is 10.3. The van der Waals surface area contributed by atoms with E-state index < -0.39 is 0 Å². The Morgan fingerprint density at radius 2 is 2.00 bits per heavy atom. The molecule has 0 bridgehead atoms. The molecule has 88 valence electrons. The third kappa shape index (κ3) is 2.93. The molecule has 0 aliphatic carbocycles. The van der Waals surface area contributed by atoms with E-state index in [0.717, 1.165) is 13.2 Å². The maximum atomic E-state index is 3.33. The van der Waals surface area contributed by atoms with Gasteiger partial charge in [0.1, 0.15) is 0 Å². The van der Waals surface area contributed by atoms with E-state index in [1.807, 2.05) is 0 Å². The summed E-state index contributed by atoms with van der Waals surface area (Å²) in [5.74, 6) is 6.63. The minimum absolute atomic E-state index is 0.323. The van der Waals surface area contributed by atoms with Gasteiger partial charge in [0.15, 0.2) is 0 Å². The van der Waals surface area contributed by atoms with E-state index in [9.17, 15) is 0 Å². The first-order chi connectivity index (χ1) is 7.75. The van der Waals surface area contributed by atoms with Crippen LogP contribution in [0.4, 0.5) is 0 Å². The molecule has 0 aromatic carbocycles. The first-order valence-corrected chi connectivity index (χ1v) is 6.11. The molecule has 1 atom stereocenters. The Morgan fingerprint density at radius 3 is 2.62 bits per heavy atom. The van der Waals surface area contributed by atoms with Crippen LogP contribution in [0.25, 0.3) is 0 Å². The summed E-state index contributed by atoms with van der Waals surface area (Å²) >= 11 is 0. The van der Waals surface area contributed by atoms with Gasteiger partial charge in [-0.05, 0) is 32.9 Å².